The summed E-state index contributed by atoms with van der Waals surface area (Å²) in [6, 6.07) is 3.95. The highest BCUT2D eigenvalue weighted by Crippen LogP contribution is 2.35. The van der Waals surface area contributed by atoms with Gasteiger partial charge in [0.2, 0.25) is 0 Å². The Morgan fingerprint density at radius 2 is 2.22 bits per heavy atom. The number of aliphatic carboxylic acids is 1. The predicted octanol–water partition coefficient (Wildman–Crippen LogP) is 1.63. The van der Waals surface area contributed by atoms with Crippen LogP contribution in [0.4, 0.5) is 4.39 Å². The summed E-state index contributed by atoms with van der Waals surface area (Å²) < 4.78 is 37.8. The molecule has 0 saturated heterocycles. The van der Waals surface area contributed by atoms with Gasteiger partial charge in [0, 0.05) is 5.56 Å². The standard InChI is InChI=1S/C12H13FO4S/c1-7(12(14)15)5-8-6-9-10(13)3-2-4-11(9)18(8,16)17/h2-4,7-8H,5-6H2,1H3,(H,14,15). The van der Waals surface area contributed by atoms with Crippen LogP contribution in [0.25, 0.3) is 0 Å². The summed E-state index contributed by atoms with van der Waals surface area (Å²) in [6.07, 6.45) is 0.0632. The molecule has 1 aliphatic rings. The van der Waals surface area contributed by atoms with Crippen molar-refractivity contribution in [2.45, 2.75) is 29.9 Å². The molecule has 1 heterocycles. The second-order valence-electron chi connectivity index (χ2n) is 4.56. The van der Waals surface area contributed by atoms with Gasteiger partial charge in [-0.3, -0.25) is 4.79 Å². The van der Waals surface area contributed by atoms with Crippen LogP contribution in [0.3, 0.4) is 0 Å². The van der Waals surface area contributed by atoms with Crippen LogP contribution >= 0.6 is 0 Å². The number of hydrogen-bond acceptors (Lipinski definition) is 3. The van der Waals surface area contributed by atoms with Crippen LogP contribution in [-0.4, -0.2) is 24.7 Å². The van der Waals surface area contributed by atoms with E-state index in [9.17, 15) is 17.6 Å². The third-order valence-corrected chi connectivity index (χ3v) is 5.52. The predicted molar refractivity (Wildman–Crippen MR) is 62.5 cm³/mol. The van der Waals surface area contributed by atoms with Crippen LogP contribution in [0, 0.1) is 11.7 Å². The summed E-state index contributed by atoms with van der Waals surface area (Å²) in [5.74, 6) is -2.34. The fourth-order valence-electron chi connectivity index (χ4n) is 2.23. The Hall–Kier alpha value is -1.43. The first-order valence-corrected chi connectivity index (χ1v) is 7.12. The molecule has 0 aliphatic carbocycles. The number of carboxylic acid groups (broad SMARTS) is 1. The van der Waals surface area contributed by atoms with Gasteiger partial charge in [0.1, 0.15) is 5.82 Å². The van der Waals surface area contributed by atoms with E-state index in [2.05, 4.69) is 0 Å². The van der Waals surface area contributed by atoms with Crippen LogP contribution < -0.4 is 0 Å². The average molecular weight is 272 g/mol. The van der Waals surface area contributed by atoms with E-state index < -0.39 is 32.8 Å². The molecule has 1 aliphatic heterocycles. The quantitative estimate of drug-likeness (QED) is 0.908. The molecule has 2 unspecified atom stereocenters. The molecule has 0 bridgehead atoms. The molecule has 6 heteroatoms. The van der Waals surface area contributed by atoms with Gasteiger partial charge in [-0.1, -0.05) is 13.0 Å². The number of benzene rings is 1. The topological polar surface area (TPSA) is 71.4 Å². The molecule has 1 aromatic carbocycles. The summed E-state index contributed by atoms with van der Waals surface area (Å²) in [4.78, 5) is 10.8. The summed E-state index contributed by atoms with van der Waals surface area (Å²) in [5, 5.41) is 7.98. The minimum Gasteiger partial charge on any atom is -0.481 e. The second-order valence-corrected chi connectivity index (χ2v) is 6.76. The van der Waals surface area contributed by atoms with E-state index in [4.69, 9.17) is 5.11 Å². The number of rotatable bonds is 3. The normalized spacial score (nSPS) is 22.4. The van der Waals surface area contributed by atoms with Gasteiger partial charge < -0.3 is 5.11 Å². The number of halogens is 1. The van der Waals surface area contributed by atoms with Crippen molar-refractivity contribution in [2.75, 3.05) is 0 Å². The SMILES string of the molecule is CC(CC1Cc2c(F)cccc2S1(=O)=O)C(=O)O. The molecule has 0 amide bonds. The molecule has 2 atom stereocenters. The van der Waals surface area contributed by atoms with Crippen LogP contribution in [-0.2, 0) is 21.1 Å². The monoisotopic (exact) mass is 272 g/mol. The van der Waals surface area contributed by atoms with Crippen LogP contribution in [0.2, 0.25) is 0 Å². The maximum absolute atomic E-state index is 13.5. The summed E-state index contributed by atoms with van der Waals surface area (Å²) in [6.45, 7) is 1.46. The fourth-order valence-corrected chi connectivity index (χ4v) is 4.31. The molecule has 0 aromatic heterocycles. The molecule has 0 radical (unpaired) electrons. The van der Waals surface area contributed by atoms with Crippen molar-refractivity contribution in [1.82, 2.24) is 0 Å². The number of fused-ring (bicyclic) bond motifs is 1. The van der Waals surface area contributed by atoms with E-state index in [1.54, 1.807) is 0 Å². The molecule has 0 fully saturated rings. The van der Waals surface area contributed by atoms with E-state index in [0.717, 1.165) is 0 Å². The third-order valence-electron chi connectivity index (χ3n) is 3.29. The largest absolute Gasteiger partial charge is 0.481 e. The maximum Gasteiger partial charge on any atom is 0.306 e. The molecule has 18 heavy (non-hydrogen) atoms. The highest BCUT2D eigenvalue weighted by atomic mass is 32.2. The van der Waals surface area contributed by atoms with E-state index in [1.165, 1.54) is 25.1 Å². The Kier molecular flexibility index (Phi) is 3.14. The van der Waals surface area contributed by atoms with Gasteiger partial charge in [-0.2, -0.15) is 0 Å². The highest BCUT2D eigenvalue weighted by Gasteiger charge is 2.39. The lowest BCUT2D eigenvalue weighted by molar-refractivity contribution is -0.141. The number of carbonyl (C=O) groups is 1. The van der Waals surface area contributed by atoms with E-state index in [-0.39, 0.29) is 23.3 Å². The van der Waals surface area contributed by atoms with Gasteiger partial charge in [0.25, 0.3) is 0 Å². The molecular formula is C12H13FO4S. The van der Waals surface area contributed by atoms with Crippen molar-refractivity contribution in [1.29, 1.82) is 0 Å². The number of carboxylic acids is 1. The summed E-state index contributed by atoms with van der Waals surface area (Å²) >= 11 is 0. The molecule has 2 rings (SSSR count). The Bertz CT molecular complexity index is 594. The van der Waals surface area contributed by atoms with Crippen LogP contribution in [0.5, 0.6) is 0 Å². The summed E-state index contributed by atoms with van der Waals surface area (Å²) in [5.41, 5.74) is 0.181. The first kappa shape index (κ1) is 13.0. The van der Waals surface area contributed by atoms with E-state index in [1.807, 2.05) is 0 Å². The van der Waals surface area contributed by atoms with Crippen molar-refractivity contribution >= 4 is 15.8 Å². The summed E-state index contributed by atoms with van der Waals surface area (Å²) in [7, 11) is -3.60. The zero-order valence-electron chi connectivity index (χ0n) is 9.76. The second kappa shape index (κ2) is 4.35. The molecule has 98 valence electrons. The maximum atomic E-state index is 13.5. The minimum absolute atomic E-state index is 0.00471. The average Bonchev–Trinajstić information content (AvgIpc) is 2.53. The molecule has 1 aromatic rings. The first-order valence-electron chi connectivity index (χ1n) is 5.58. The molecule has 0 spiro atoms. The zero-order valence-corrected chi connectivity index (χ0v) is 10.6. The number of hydrogen-bond donors (Lipinski definition) is 1. The lowest BCUT2D eigenvalue weighted by atomic mass is 10.0. The van der Waals surface area contributed by atoms with Crippen molar-refractivity contribution in [3.05, 3.63) is 29.6 Å². The van der Waals surface area contributed by atoms with Gasteiger partial charge in [0.05, 0.1) is 16.1 Å². The minimum atomic E-state index is -3.60. The van der Waals surface area contributed by atoms with Gasteiger partial charge in [0.15, 0.2) is 9.84 Å². The Morgan fingerprint density at radius 1 is 1.56 bits per heavy atom. The van der Waals surface area contributed by atoms with E-state index >= 15 is 0 Å². The molecule has 4 nitrogen and oxygen atoms in total. The number of sulfone groups is 1. The molecule has 0 saturated carbocycles. The highest BCUT2D eigenvalue weighted by molar-refractivity contribution is 7.92. The smallest absolute Gasteiger partial charge is 0.306 e. The van der Waals surface area contributed by atoms with E-state index in [0.29, 0.717) is 0 Å². The van der Waals surface area contributed by atoms with Gasteiger partial charge in [-0.05, 0) is 25.0 Å². The third kappa shape index (κ3) is 2.01. The van der Waals surface area contributed by atoms with Crippen LogP contribution in [0.1, 0.15) is 18.9 Å². The lowest BCUT2D eigenvalue weighted by Crippen LogP contribution is -2.23. The van der Waals surface area contributed by atoms with Gasteiger partial charge in [-0.15, -0.1) is 0 Å². The Balaban J connectivity index is 2.35. The van der Waals surface area contributed by atoms with Crippen molar-refractivity contribution in [2.24, 2.45) is 5.92 Å². The Labute approximate surface area is 104 Å². The first-order chi connectivity index (χ1) is 8.34. The van der Waals surface area contributed by atoms with Crippen LogP contribution in [0.15, 0.2) is 23.1 Å². The van der Waals surface area contributed by atoms with Gasteiger partial charge >= 0.3 is 5.97 Å². The van der Waals surface area contributed by atoms with Crippen molar-refractivity contribution in [3.63, 3.8) is 0 Å². The Morgan fingerprint density at radius 3 is 2.78 bits per heavy atom. The molecular weight excluding hydrogens is 259 g/mol. The zero-order chi connectivity index (χ0) is 13.5. The molecule has 1 N–H and O–H groups in total. The van der Waals surface area contributed by atoms with Crippen molar-refractivity contribution < 1.29 is 22.7 Å². The van der Waals surface area contributed by atoms with Gasteiger partial charge in [-0.25, -0.2) is 12.8 Å². The van der Waals surface area contributed by atoms with Crippen molar-refractivity contribution in [3.8, 4) is 0 Å². The lowest BCUT2D eigenvalue weighted by Gasteiger charge is -2.12. The fraction of sp³-hybridized carbons (Fsp3) is 0.417.